The first kappa shape index (κ1) is 14.0. The molecule has 0 spiro atoms. The summed E-state index contributed by atoms with van der Waals surface area (Å²) in [6, 6.07) is 12.8. The van der Waals surface area contributed by atoms with Gasteiger partial charge in [-0.1, -0.05) is 27.7 Å². The molecule has 0 fully saturated rings. The molecule has 2 aromatic carbocycles. The van der Waals surface area contributed by atoms with Gasteiger partial charge >= 0.3 is 5.97 Å². The van der Waals surface area contributed by atoms with Gasteiger partial charge < -0.3 is 5.11 Å². The van der Waals surface area contributed by atoms with Crippen molar-refractivity contribution in [1.82, 2.24) is 9.97 Å². The van der Waals surface area contributed by atoms with Crippen LogP contribution in [0.2, 0.25) is 0 Å². The molecule has 0 aliphatic heterocycles. The maximum Gasteiger partial charge on any atom is 0.335 e. The van der Waals surface area contributed by atoms with Crippen LogP contribution in [0.3, 0.4) is 0 Å². The van der Waals surface area contributed by atoms with E-state index in [9.17, 15) is 4.79 Å². The largest absolute Gasteiger partial charge is 0.478 e. The number of rotatable bonds is 3. The number of carboxylic acids is 1. The first-order chi connectivity index (χ1) is 10.1. The summed E-state index contributed by atoms with van der Waals surface area (Å²) in [6.45, 7) is 0. The fourth-order valence-electron chi connectivity index (χ4n) is 1.86. The fourth-order valence-corrected chi connectivity index (χ4v) is 3.00. The lowest BCUT2D eigenvalue weighted by Gasteiger charge is -2.05. The van der Waals surface area contributed by atoms with Gasteiger partial charge in [0.15, 0.2) is 0 Å². The minimum Gasteiger partial charge on any atom is -0.478 e. The van der Waals surface area contributed by atoms with Crippen molar-refractivity contribution in [1.29, 1.82) is 0 Å². The summed E-state index contributed by atoms with van der Waals surface area (Å²) in [5.41, 5.74) is 0.852. The number of benzene rings is 2. The van der Waals surface area contributed by atoms with E-state index in [1.807, 2.05) is 24.3 Å². The first-order valence-corrected chi connectivity index (χ1v) is 7.66. The van der Waals surface area contributed by atoms with Gasteiger partial charge in [-0.25, -0.2) is 14.8 Å². The lowest BCUT2D eigenvalue weighted by Crippen LogP contribution is -1.96. The molecule has 0 bridgehead atoms. The van der Waals surface area contributed by atoms with Crippen molar-refractivity contribution in [2.75, 3.05) is 0 Å². The summed E-state index contributed by atoms with van der Waals surface area (Å²) in [5.74, 6) is -0.961. The summed E-state index contributed by atoms with van der Waals surface area (Å²) in [7, 11) is 0. The summed E-state index contributed by atoms with van der Waals surface area (Å²) in [5, 5.41) is 10.7. The minimum absolute atomic E-state index is 0.223. The van der Waals surface area contributed by atoms with Crippen molar-refractivity contribution < 1.29 is 9.90 Å². The van der Waals surface area contributed by atoms with Gasteiger partial charge in [-0.05, 0) is 42.5 Å². The SMILES string of the molecule is O=C(O)c1ccc2c(Sc3ccc(Br)cc3)ncnc2c1. The maximum atomic E-state index is 11.0. The van der Waals surface area contributed by atoms with Gasteiger partial charge in [-0.3, -0.25) is 0 Å². The number of nitrogens with zero attached hydrogens (tertiary/aromatic N) is 2. The standard InChI is InChI=1S/C15H9BrN2O2S/c16-10-2-4-11(5-3-10)21-14-12-6-1-9(15(19)20)7-13(12)17-8-18-14/h1-8H,(H,19,20). The number of aromatic nitrogens is 2. The second-order valence-corrected chi connectivity index (χ2v) is 6.25. The number of halogens is 1. The molecule has 21 heavy (non-hydrogen) atoms. The fraction of sp³-hybridized carbons (Fsp3) is 0. The van der Waals surface area contributed by atoms with Crippen molar-refractivity contribution in [2.45, 2.75) is 9.92 Å². The zero-order valence-corrected chi connectivity index (χ0v) is 13.1. The van der Waals surface area contributed by atoms with Crippen LogP contribution in [0.5, 0.6) is 0 Å². The molecule has 1 N–H and O–H groups in total. The Morgan fingerprint density at radius 2 is 1.86 bits per heavy atom. The van der Waals surface area contributed by atoms with Crippen LogP contribution in [0.4, 0.5) is 0 Å². The molecule has 0 unspecified atom stereocenters. The molecule has 0 saturated carbocycles. The predicted octanol–water partition coefficient (Wildman–Crippen LogP) is 4.24. The monoisotopic (exact) mass is 360 g/mol. The second-order valence-electron chi connectivity index (χ2n) is 4.27. The Morgan fingerprint density at radius 3 is 2.57 bits per heavy atom. The number of hydrogen-bond acceptors (Lipinski definition) is 4. The molecule has 0 aliphatic carbocycles. The molecular weight excluding hydrogens is 352 g/mol. The van der Waals surface area contributed by atoms with Gasteiger partial charge in [0.2, 0.25) is 0 Å². The summed E-state index contributed by atoms with van der Waals surface area (Å²) in [6.07, 6.45) is 1.45. The Bertz CT molecular complexity index is 822. The summed E-state index contributed by atoms with van der Waals surface area (Å²) in [4.78, 5) is 20.5. The Morgan fingerprint density at radius 1 is 1.10 bits per heavy atom. The maximum absolute atomic E-state index is 11.0. The number of aromatic carboxylic acids is 1. The number of fused-ring (bicyclic) bond motifs is 1. The van der Waals surface area contributed by atoms with Crippen LogP contribution < -0.4 is 0 Å². The Balaban J connectivity index is 2.02. The Labute approximate surface area is 133 Å². The van der Waals surface area contributed by atoms with Crippen molar-refractivity contribution in [3.63, 3.8) is 0 Å². The molecule has 0 atom stereocenters. The highest BCUT2D eigenvalue weighted by Gasteiger charge is 2.09. The average molecular weight is 361 g/mol. The zero-order valence-electron chi connectivity index (χ0n) is 10.7. The van der Waals surface area contributed by atoms with Crippen molar-refractivity contribution >= 4 is 44.6 Å². The summed E-state index contributed by atoms with van der Waals surface area (Å²) < 4.78 is 1.02. The molecule has 0 saturated heterocycles. The third-order valence-corrected chi connectivity index (χ3v) is 4.43. The van der Waals surface area contributed by atoms with Crippen LogP contribution in [0.1, 0.15) is 10.4 Å². The Kier molecular flexibility index (Phi) is 3.90. The highest BCUT2D eigenvalue weighted by molar-refractivity contribution is 9.10. The molecule has 3 rings (SSSR count). The van der Waals surface area contributed by atoms with E-state index in [0.717, 1.165) is 19.8 Å². The molecule has 1 heterocycles. The molecular formula is C15H9BrN2O2S. The third-order valence-electron chi connectivity index (χ3n) is 2.88. The quantitative estimate of drug-likeness (QED) is 0.707. The lowest BCUT2D eigenvalue weighted by atomic mass is 10.1. The zero-order chi connectivity index (χ0) is 14.8. The van der Waals surface area contributed by atoms with Gasteiger partial charge in [0.25, 0.3) is 0 Å². The predicted molar refractivity (Wildman–Crippen MR) is 84.8 cm³/mol. The van der Waals surface area contributed by atoms with Gasteiger partial charge in [0, 0.05) is 14.8 Å². The van der Waals surface area contributed by atoms with Gasteiger partial charge in [0.1, 0.15) is 11.4 Å². The van der Waals surface area contributed by atoms with Crippen LogP contribution in [0, 0.1) is 0 Å². The van der Waals surface area contributed by atoms with Crippen LogP contribution in [0.25, 0.3) is 10.9 Å². The number of hydrogen-bond donors (Lipinski definition) is 1. The normalized spacial score (nSPS) is 10.7. The molecule has 3 aromatic rings. The second kappa shape index (κ2) is 5.83. The van der Waals surface area contributed by atoms with E-state index in [2.05, 4.69) is 25.9 Å². The van der Waals surface area contributed by atoms with E-state index in [1.54, 1.807) is 18.2 Å². The summed E-state index contributed by atoms with van der Waals surface area (Å²) >= 11 is 4.92. The van der Waals surface area contributed by atoms with Gasteiger partial charge in [-0.15, -0.1) is 0 Å². The third kappa shape index (κ3) is 3.06. The highest BCUT2D eigenvalue weighted by Crippen LogP contribution is 2.31. The molecule has 6 heteroatoms. The van der Waals surface area contributed by atoms with Crippen molar-refractivity contribution in [2.24, 2.45) is 0 Å². The van der Waals surface area contributed by atoms with Gasteiger partial charge in [-0.2, -0.15) is 0 Å². The number of carbonyl (C=O) groups is 1. The Hall–Kier alpha value is -1.92. The van der Waals surface area contributed by atoms with E-state index in [-0.39, 0.29) is 5.56 Å². The smallest absolute Gasteiger partial charge is 0.335 e. The average Bonchev–Trinajstić information content (AvgIpc) is 2.49. The van der Waals surface area contributed by atoms with E-state index in [1.165, 1.54) is 18.1 Å². The highest BCUT2D eigenvalue weighted by atomic mass is 79.9. The molecule has 104 valence electrons. The van der Waals surface area contributed by atoms with Crippen molar-refractivity contribution in [3.8, 4) is 0 Å². The van der Waals surface area contributed by atoms with Crippen LogP contribution >= 0.6 is 27.7 Å². The molecule has 0 aliphatic rings. The van der Waals surface area contributed by atoms with E-state index >= 15 is 0 Å². The van der Waals surface area contributed by atoms with Crippen LogP contribution in [-0.4, -0.2) is 21.0 Å². The molecule has 0 amide bonds. The van der Waals surface area contributed by atoms with E-state index in [0.29, 0.717) is 5.52 Å². The molecule has 4 nitrogen and oxygen atoms in total. The van der Waals surface area contributed by atoms with E-state index < -0.39 is 5.97 Å². The number of carboxylic acid groups (broad SMARTS) is 1. The van der Waals surface area contributed by atoms with Gasteiger partial charge in [0.05, 0.1) is 11.1 Å². The minimum atomic E-state index is -0.961. The van der Waals surface area contributed by atoms with Crippen molar-refractivity contribution in [3.05, 3.63) is 58.8 Å². The molecule has 0 radical (unpaired) electrons. The molecule has 1 aromatic heterocycles. The first-order valence-electron chi connectivity index (χ1n) is 6.05. The lowest BCUT2D eigenvalue weighted by molar-refractivity contribution is 0.0697. The van der Waals surface area contributed by atoms with Crippen LogP contribution in [0.15, 0.2) is 63.2 Å². The van der Waals surface area contributed by atoms with Crippen LogP contribution in [-0.2, 0) is 0 Å². The van der Waals surface area contributed by atoms with E-state index in [4.69, 9.17) is 5.11 Å². The topological polar surface area (TPSA) is 63.1 Å².